The van der Waals surface area contributed by atoms with Crippen LogP contribution in [0.2, 0.25) is 0 Å². The summed E-state index contributed by atoms with van der Waals surface area (Å²) in [6.07, 6.45) is 3.07. The number of carbonyl (C=O) groups is 1. The molecule has 42 valence electrons. The van der Waals surface area contributed by atoms with E-state index < -0.39 is 6.03 Å². The molecule has 4 heteroatoms. The topological polar surface area (TPSA) is 45.8 Å². The Kier molecular flexibility index (Phi) is 3.61. The number of hydrogen-bond acceptors (Lipinski definition) is 1. The van der Waals surface area contributed by atoms with Crippen molar-refractivity contribution in [2.45, 2.75) is 0 Å². The van der Waals surface area contributed by atoms with Crippen LogP contribution in [0.5, 0.6) is 0 Å². The van der Waals surface area contributed by atoms with Crippen LogP contribution < -0.4 is 29.6 Å². The summed E-state index contributed by atoms with van der Waals surface area (Å²) in [6, 6.07) is 2.70. The van der Waals surface area contributed by atoms with E-state index in [4.69, 9.17) is 5.73 Å². The van der Waals surface area contributed by atoms with Gasteiger partial charge in [0, 0.05) is 0 Å². The smallest absolute Gasteiger partial charge is 0.447 e. The normalized spacial score (nSPS) is 8.00. The van der Waals surface area contributed by atoms with Gasteiger partial charge in [-0.05, 0) is 0 Å². The molecule has 0 aromatic carbocycles. The first-order chi connectivity index (χ1) is 3.80. The van der Waals surface area contributed by atoms with Gasteiger partial charge in [-0.2, -0.15) is 0 Å². The van der Waals surface area contributed by atoms with Crippen molar-refractivity contribution in [3.8, 4) is 0 Å². The van der Waals surface area contributed by atoms with Gasteiger partial charge in [0.15, 0.2) is 6.03 Å². The van der Waals surface area contributed by atoms with E-state index in [1.165, 1.54) is 17.0 Å². The molecule has 0 unspecified atom stereocenters. The van der Waals surface area contributed by atoms with Crippen LogP contribution in [0.3, 0.4) is 0 Å². The van der Waals surface area contributed by atoms with Crippen molar-refractivity contribution in [3.63, 3.8) is 0 Å². The molecular weight excluding hydrogens is 127 g/mol. The second-order valence-electron chi connectivity index (χ2n) is 1.40. The molecule has 0 aliphatic carbocycles. The van der Waals surface area contributed by atoms with E-state index in [1.807, 2.05) is 0 Å². The van der Waals surface area contributed by atoms with E-state index >= 15 is 0 Å². The van der Waals surface area contributed by atoms with E-state index in [-0.39, 0.29) is 29.6 Å². The standard InChI is InChI=1S/C5H6N2O.Na/c6-5(8)7-3-1-2-4-7;/h1-4H,(H2,6,8);/q;+1/p-1. The summed E-state index contributed by atoms with van der Waals surface area (Å²) < 4.78 is 1.19. The number of rotatable bonds is 0. The molecule has 0 saturated heterocycles. The third-order valence-corrected chi connectivity index (χ3v) is 0.839. The maximum absolute atomic E-state index is 10.1. The zero-order valence-electron chi connectivity index (χ0n) is 5.16. The Morgan fingerprint density at radius 2 is 1.78 bits per heavy atom. The Labute approximate surface area is 75.1 Å². The number of aromatic nitrogens is 1. The Balaban J connectivity index is 0.000000640. The number of hydrogen-bond donors (Lipinski definition) is 0. The van der Waals surface area contributed by atoms with Crippen molar-refractivity contribution in [2.75, 3.05) is 0 Å². The minimum atomic E-state index is -0.699. The monoisotopic (exact) mass is 132 g/mol. The molecule has 0 fully saturated rings. The number of amides is 1. The first-order valence-electron chi connectivity index (χ1n) is 2.19. The first-order valence-corrected chi connectivity index (χ1v) is 2.19. The van der Waals surface area contributed by atoms with Gasteiger partial charge in [-0.3, -0.25) is 4.79 Å². The fourth-order valence-electron chi connectivity index (χ4n) is 0.470. The maximum atomic E-state index is 10.1. The van der Waals surface area contributed by atoms with Crippen molar-refractivity contribution < 1.29 is 34.4 Å². The van der Waals surface area contributed by atoms with Crippen molar-refractivity contribution in [1.29, 1.82) is 0 Å². The molecule has 1 amide bonds. The predicted molar refractivity (Wildman–Crippen MR) is 29.5 cm³/mol. The first kappa shape index (κ1) is 8.75. The second kappa shape index (κ2) is 3.71. The summed E-state index contributed by atoms with van der Waals surface area (Å²) in [5, 5.41) is 0. The van der Waals surface area contributed by atoms with E-state index in [9.17, 15) is 4.79 Å². The van der Waals surface area contributed by atoms with E-state index in [0.29, 0.717) is 0 Å². The summed E-state index contributed by atoms with van der Waals surface area (Å²) in [7, 11) is 0. The molecule has 0 bridgehead atoms. The zero-order valence-corrected chi connectivity index (χ0v) is 7.16. The van der Waals surface area contributed by atoms with Crippen LogP contribution in [0, 0.1) is 0 Å². The van der Waals surface area contributed by atoms with Crippen LogP contribution in [0.1, 0.15) is 0 Å². The Bertz CT molecular complexity index is 183. The largest absolute Gasteiger partial charge is 1.00 e. The molecule has 0 aliphatic rings. The molecule has 3 nitrogen and oxygen atoms in total. The molecule has 0 saturated carbocycles. The van der Waals surface area contributed by atoms with Gasteiger partial charge < -0.3 is 10.3 Å². The fraction of sp³-hybridized carbons (Fsp3) is 0. The predicted octanol–water partition coefficient (Wildman–Crippen LogP) is -1.49. The molecule has 1 aromatic rings. The van der Waals surface area contributed by atoms with Gasteiger partial charge >= 0.3 is 29.6 Å². The van der Waals surface area contributed by atoms with Gasteiger partial charge in [-0.25, -0.2) is 0 Å². The van der Waals surface area contributed by atoms with Crippen LogP contribution in [-0.4, -0.2) is 10.6 Å². The zero-order chi connectivity index (χ0) is 5.98. The van der Waals surface area contributed by atoms with Crippen LogP contribution in [0.4, 0.5) is 4.79 Å². The maximum Gasteiger partial charge on any atom is 1.00 e. The SMILES string of the molecule is [NH-]C(=O)n1cccc1.[Na+]. The van der Waals surface area contributed by atoms with Crippen molar-refractivity contribution >= 4 is 6.03 Å². The molecular formula is C5H5N2NaO. The van der Waals surface area contributed by atoms with Gasteiger partial charge in [0.1, 0.15) is 0 Å². The van der Waals surface area contributed by atoms with Crippen LogP contribution in [0.25, 0.3) is 5.73 Å². The third-order valence-electron chi connectivity index (χ3n) is 0.839. The van der Waals surface area contributed by atoms with Crippen molar-refractivity contribution in [2.24, 2.45) is 0 Å². The van der Waals surface area contributed by atoms with E-state index in [1.54, 1.807) is 12.1 Å². The van der Waals surface area contributed by atoms with Gasteiger partial charge in [0.25, 0.3) is 0 Å². The molecule has 0 atom stereocenters. The minimum absolute atomic E-state index is 0. The average Bonchev–Trinajstić information content (AvgIpc) is 2.12. The number of nitrogens with zero attached hydrogens (tertiary/aromatic N) is 1. The van der Waals surface area contributed by atoms with E-state index in [0.717, 1.165) is 0 Å². The summed E-state index contributed by atoms with van der Waals surface area (Å²) in [5.74, 6) is 0. The molecule has 0 radical (unpaired) electrons. The summed E-state index contributed by atoms with van der Waals surface area (Å²) in [6.45, 7) is 0. The summed E-state index contributed by atoms with van der Waals surface area (Å²) in [5.41, 5.74) is 6.56. The van der Waals surface area contributed by atoms with E-state index in [2.05, 4.69) is 0 Å². The fourth-order valence-corrected chi connectivity index (χ4v) is 0.470. The molecule has 1 heterocycles. The average molecular weight is 132 g/mol. The van der Waals surface area contributed by atoms with Crippen LogP contribution >= 0.6 is 0 Å². The molecule has 0 aliphatic heterocycles. The van der Waals surface area contributed by atoms with Gasteiger partial charge in [0.05, 0.1) is 0 Å². The molecule has 1 rings (SSSR count). The number of carbonyl (C=O) groups excluding carboxylic acids is 1. The Hall–Kier alpha value is -0.250. The van der Waals surface area contributed by atoms with Gasteiger partial charge in [-0.15, -0.1) is 0 Å². The second-order valence-corrected chi connectivity index (χ2v) is 1.40. The molecule has 1 N–H and O–H groups in total. The summed E-state index contributed by atoms with van der Waals surface area (Å²) in [4.78, 5) is 10.1. The van der Waals surface area contributed by atoms with Gasteiger partial charge in [0.2, 0.25) is 0 Å². The molecule has 1 aromatic heterocycles. The van der Waals surface area contributed by atoms with Crippen molar-refractivity contribution in [3.05, 3.63) is 30.3 Å². The number of nitrogens with one attached hydrogen (secondary N) is 1. The minimum Gasteiger partial charge on any atom is -0.447 e. The summed E-state index contributed by atoms with van der Waals surface area (Å²) >= 11 is 0. The quantitative estimate of drug-likeness (QED) is 0.397. The Morgan fingerprint density at radius 3 is 2.00 bits per heavy atom. The van der Waals surface area contributed by atoms with Crippen LogP contribution in [0.15, 0.2) is 24.5 Å². The molecule has 9 heavy (non-hydrogen) atoms. The Morgan fingerprint density at radius 1 is 1.33 bits per heavy atom. The third kappa shape index (κ3) is 2.22. The van der Waals surface area contributed by atoms with Crippen molar-refractivity contribution in [1.82, 2.24) is 4.57 Å². The van der Waals surface area contributed by atoms with Gasteiger partial charge in [-0.1, -0.05) is 24.5 Å². The van der Waals surface area contributed by atoms with Crippen LogP contribution in [-0.2, 0) is 0 Å². The molecule has 0 spiro atoms.